The van der Waals surface area contributed by atoms with Gasteiger partial charge in [0.15, 0.2) is 11.6 Å². The predicted octanol–water partition coefficient (Wildman–Crippen LogP) is 3.32. The van der Waals surface area contributed by atoms with Crippen LogP contribution in [0, 0.1) is 5.92 Å². The summed E-state index contributed by atoms with van der Waals surface area (Å²) in [5.74, 6) is 2.27. The molecule has 0 fully saturated rings. The van der Waals surface area contributed by atoms with Gasteiger partial charge in [0, 0.05) is 31.5 Å². The molecule has 0 aliphatic carbocycles. The zero-order valence-corrected chi connectivity index (χ0v) is 17.2. The van der Waals surface area contributed by atoms with E-state index in [1.807, 2.05) is 18.5 Å². The quantitative estimate of drug-likeness (QED) is 0.695. The molecule has 3 aromatic heterocycles. The van der Waals surface area contributed by atoms with E-state index < -0.39 is 0 Å². The Labute approximate surface area is 171 Å². The summed E-state index contributed by atoms with van der Waals surface area (Å²) in [6.45, 7) is 7.82. The minimum absolute atomic E-state index is 0. The van der Waals surface area contributed by atoms with Crippen molar-refractivity contribution in [1.82, 2.24) is 29.8 Å². The lowest BCUT2D eigenvalue weighted by Gasteiger charge is -2.03. The number of rotatable bonds is 5. The van der Waals surface area contributed by atoms with Crippen LogP contribution in [0.4, 0.5) is 0 Å². The maximum Gasteiger partial charge on any atom is 0.160 e. The lowest BCUT2D eigenvalue weighted by molar-refractivity contribution is 0.368. The molecule has 148 valence electrons. The number of fused-ring (bicyclic) bond motifs is 1. The third kappa shape index (κ3) is 4.91. The molecule has 1 N–H and O–H groups in total. The molecule has 4 heterocycles. The zero-order chi connectivity index (χ0) is 17.2. The van der Waals surface area contributed by atoms with Gasteiger partial charge in [0.25, 0.3) is 0 Å². The Morgan fingerprint density at radius 2 is 2.11 bits per heavy atom. The highest BCUT2D eigenvalue weighted by Gasteiger charge is 2.16. The monoisotopic (exact) mass is 412 g/mol. The van der Waals surface area contributed by atoms with Gasteiger partial charge in [-0.15, -0.1) is 24.8 Å². The molecule has 7 nitrogen and oxygen atoms in total. The number of halogens is 2. The second-order valence-electron chi connectivity index (χ2n) is 7.04. The standard InChI is InChI=1S/C18H24N6O.2ClH/c1-13(2)8-14-9-16(25-22-14)12-23-7-5-20-18(23)17-10-15-11-19-4-3-6-24(15)21-17;;/h5,7,9-10,13,19H,3-4,6,8,11-12H2,1-2H3;2*1H. The van der Waals surface area contributed by atoms with Gasteiger partial charge in [-0.3, -0.25) is 4.68 Å². The van der Waals surface area contributed by atoms with Crippen LogP contribution in [0.15, 0.2) is 29.0 Å². The molecular weight excluding hydrogens is 387 g/mol. The van der Waals surface area contributed by atoms with Gasteiger partial charge < -0.3 is 14.4 Å². The third-order valence-electron chi connectivity index (χ3n) is 4.39. The van der Waals surface area contributed by atoms with Crippen molar-refractivity contribution in [3.05, 3.63) is 41.7 Å². The molecule has 0 radical (unpaired) electrons. The van der Waals surface area contributed by atoms with E-state index >= 15 is 0 Å². The smallest absolute Gasteiger partial charge is 0.160 e. The van der Waals surface area contributed by atoms with Crippen LogP contribution in [0.2, 0.25) is 0 Å². The molecule has 0 atom stereocenters. The van der Waals surface area contributed by atoms with Crippen LogP contribution in [0.25, 0.3) is 11.5 Å². The average molecular weight is 413 g/mol. The molecule has 27 heavy (non-hydrogen) atoms. The highest BCUT2D eigenvalue weighted by atomic mass is 35.5. The summed E-state index contributed by atoms with van der Waals surface area (Å²) in [5.41, 5.74) is 3.12. The molecule has 9 heteroatoms. The van der Waals surface area contributed by atoms with Crippen LogP contribution in [-0.2, 0) is 26.1 Å². The van der Waals surface area contributed by atoms with Gasteiger partial charge >= 0.3 is 0 Å². The first-order chi connectivity index (χ1) is 12.2. The summed E-state index contributed by atoms with van der Waals surface area (Å²) in [6, 6.07) is 4.16. The van der Waals surface area contributed by atoms with E-state index in [0.717, 1.165) is 55.4 Å². The number of nitrogens with one attached hydrogen (secondary N) is 1. The first-order valence-electron chi connectivity index (χ1n) is 8.92. The van der Waals surface area contributed by atoms with E-state index in [9.17, 15) is 0 Å². The van der Waals surface area contributed by atoms with Gasteiger partial charge in [-0.2, -0.15) is 5.10 Å². The minimum Gasteiger partial charge on any atom is -0.359 e. The first kappa shape index (κ1) is 21.5. The highest BCUT2D eigenvalue weighted by Crippen LogP contribution is 2.20. The molecule has 0 unspecified atom stereocenters. The summed E-state index contributed by atoms with van der Waals surface area (Å²) < 4.78 is 9.64. The fourth-order valence-corrected chi connectivity index (χ4v) is 3.25. The molecule has 0 amide bonds. The van der Waals surface area contributed by atoms with Crippen LogP contribution < -0.4 is 5.32 Å². The molecule has 4 rings (SSSR count). The van der Waals surface area contributed by atoms with Gasteiger partial charge in [-0.1, -0.05) is 19.0 Å². The van der Waals surface area contributed by atoms with Gasteiger partial charge in [-0.05, 0) is 31.4 Å². The van der Waals surface area contributed by atoms with Crippen molar-refractivity contribution < 1.29 is 4.52 Å². The summed E-state index contributed by atoms with van der Waals surface area (Å²) in [7, 11) is 0. The van der Waals surface area contributed by atoms with E-state index in [-0.39, 0.29) is 24.8 Å². The van der Waals surface area contributed by atoms with Crippen molar-refractivity contribution in [1.29, 1.82) is 0 Å². The van der Waals surface area contributed by atoms with Crippen molar-refractivity contribution in [2.24, 2.45) is 5.92 Å². The third-order valence-corrected chi connectivity index (χ3v) is 4.39. The topological polar surface area (TPSA) is 73.7 Å². The number of hydrogen-bond donors (Lipinski definition) is 1. The van der Waals surface area contributed by atoms with E-state index in [4.69, 9.17) is 9.62 Å². The van der Waals surface area contributed by atoms with Crippen LogP contribution >= 0.6 is 24.8 Å². The van der Waals surface area contributed by atoms with E-state index in [1.165, 1.54) is 5.69 Å². The molecule has 0 saturated heterocycles. The number of nitrogens with zero attached hydrogens (tertiary/aromatic N) is 5. The SMILES string of the molecule is CC(C)Cc1cc(Cn2ccnc2-c2cc3n(n2)CCCNC3)on1.Cl.Cl. The Balaban J connectivity index is 0.00000131. The average Bonchev–Trinajstić information content (AvgIpc) is 3.26. The number of hydrogen-bond acceptors (Lipinski definition) is 5. The molecule has 0 saturated carbocycles. The summed E-state index contributed by atoms with van der Waals surface area (Å²) >= 11 is 0. The number of aromatic nitrogens is 5. The van der Waals surface area contributed by atoms with E-state index in [2.05, 4.69) is 44.6 Å². The van der Waals surface area contributed by atoms with Crippen LogP contribution in [0.1, 0.15) is 37.4 Å². The lowest BCUT2D eigenvalue weighted by atomic mass is 10.1. The number of aryl methyl sites for hydroxylation is 1. The molecule has 0 aromatic carbocycles. The lowest BCUT2D eigenvalue weighted by Crippen LogP contribution is -2.11. The van der Waals surface area contributed by atoms with Gasteiger partial charge in [0.05, 0.1) is 17.9 Å². The normalized spacial score (nSPS) is 13.6. The second kappa shape index (κ2) is 9.39. The number of imidazole rings is 1. The first-order valence-corrected chi connectivity index (χ1v) is 8.92. The van der Waals surface area contributed by atoms with Crippen molar-refractivity contribution in [2.45, 2.75) is 46.3 Å². The Morgan fingerprint density at radius 3 is 2.93 bits per heavy atom. The maximum atomic E-state index is 5.49. The maximum absolute atomic E-state index is 5.49. The van der Waals surface area contributed by atoms with Crippen molar-refractivity contribution in [3.8, 4) is 11.5 Å². The van der Waals surface area contributed by atoms with Crippen molar-refractivity contribution in [2.75, 3.05) is 6.54 Å². The van der Waals surface area contributed by atoms with Crippen LogP contribution in [-0.4, -0.2) is 31.0 Å². The molecule has 0 spiro atoms. The molecule has 1 aliphatic heterocycles. The minimum atomic E-state index is 0. The molecular formula is C18H26Cl2N6O. The molecule has 1 aliphatic rings. The molecule has 3 aromatic rings. The van der Waals surface area contributed by atoms with E-state index in [1.54, 1.807) is 0 Å². The van der Waals surface area contributed by atoms with Crippen LogP contribution in [0.3, 0.4) is 0 Å². The fraction of sp³-hybridized carbons (Fsp3) is 0.500. The van der Waals surface area contributed by atoms with Crippen molar-refractivity contribution in [3.63, 3.8) is 0 Å². The Morgan fingerprint density at radius 1 is 1.26 bits per heavy atom. The summed E-state index contributed by atoms with van der Waals surface area (Å²) in [5, 5.41) is 12.3. The Bertz CT molecular complexity index is 830. The fourth-order valence-electron chi connectivity index (χ4n) is 3.25. The zero-order valence-electron chi connectivity index (χ0n) is 15.6. The van der Waals surface area contributed by atoms with Gasteiger partial charge in [0.1, 0.15) is 5.69 Å². The van der Waals surface area contributed by atoms with Gasteiger partial charge in [0.2, 0.25) is 0 Å². The largest absolute Gasteiger partial charge is 0.359 e. The van der Waals surface area contributed by atoms with Crippen LogP contribution in [0.5, 0.6) is 0 Å². The summed E-state index contributed by atoms with van der Waals surface area (Å²) in [4.78, 5) is 4.51. The second-order valence-corrected chi connectivity index (χ2v) is 7.04. The van der Waals surface area contributed by atoms with Crippen molar-refractivity contribution >= 4 is 24.8 Å². The molecule has 0 bridgehead atoms. The Hall–Kier alpha value is -1.83. The van der Waals surface area contributed by atoms with Gasteiger partial charge in [-0.25, -0.2) is 4.98 Å². The van der Waals surface area contributed by atoms with E-state index in [0.29, 0.717) is 12.5 Å². The summed E-state index contributed by atoms with van der Waals surface area (Å²) in [6.07, 6.45) is 5.80. The predicted molar refractivity (Wildman–Crippen MR) is 108 cm³/mol. The Kier molecular flexibility index (Phi) is 7.47. The highest BCUT2D eigenvalue weighted by molar-refractivity contribution is 5.85.